The summed E-state index contributed by atoms with van der Waals surface area (Å²) in [5.74, 6) is 0. The molecule has 1 aliphatic heterocycles. The number of nitrogens with zero attached hydrogens (tertiary/aromatic N) is 3. The summed E-state index contributed by atoms with van der Waals surface area (Å²) in [7, 11) is 0. The Kier molecular flexibility index (Phi) is 4.87. The van der Waals surface area contributed by atoms with Crippen LogP contribution in [0, 0.1) is 10.9 Å². The molecule has 2 N–H and O–H groups in total. The Balaban J connectivity index is 1.65. The molecule has 1 aromatic heterocycles. The van der Waals surface area contributed by atoms with E-state index >= 15 is 0 Å². The van der Waals surface area contributed by atoms with E-state index in [4.69, 9.17) is 12.2 Å². The van der Waals surface area contributed by atoms with Gasteiger partial charge in [-0.15, -0.1) is 5.10 Å². The fourth-order valence-corrected chi connectivity index (χ4v) is 3.47. The third kappa shape index (κ3) is 3.92. The topological polar surface area (TPSA) is 53.3 Å². The molecule has 0 unspecified atom stereocenters. The first-order valence-corrected chi connectivity index (χ1v) is 8.65. The van der Waals surface area contributed by atoms with Gasteiger partial charge >= 0.3 is 0 Å². The van der Waals surface area contributed by atoms with Crippen LogP contribution in [0.5, 0.6) is 0 Å². The van der Waals surface area contributed by atoms with Crippen molar-refractivity contribution >= 4 is 34.4 Å². The zero-order valence-corrected chi connectivity index (χ0v) is 14.2. The number of hydrogen-bond donors (Lipinski definition) is 2. The van der Waals surface area contributed by atoms with E-state index in [1.165, 1.54) is 16.9 Å². The van der Waals surface area contributed by atoms with Gasteiger partial charge in [0, 0.05) is 18.8 Å². The average molecular weight is 336 g/mol. The number of aryl methyl sites for hydroxylation is 1. The number of piperidine rings is 1. The van der Waals surface area contributed by atoms with E-state index in [-0.39, 0.29) is 6.10 Å². The van der Waals surface area contributed by atoms with Gasteiger partial charge in [0.25, 0.3) is 0 Å². The van der Waals surface area contributed by atoms with E-state index in [1.807, 2.05) is 16.8 Å². The molecule has 3 rings (SSSR count). The van der Waals surface area contributed by atoms with Crippen LogP contribution in [0.15, 0.2) is 24.3 Å². The molecule has 1 aromatic carbocycles. The number of hydrogen-bond acceptors (Lipinski definition) is 6. The predicted molar refractivity (Wildman–Crippen MR) is 92.2 cm³/mol. The highest BCUT2D eigenvalue weighted by atomic mass is 32.1. The molecule has 2 heterocycles. The number of likely N-dealkylation sites (tertiary alicyclic amines) is 1. The second-order valence-corrected chi connectivity index (χ2v) is 7.28. The molecular formula is C15H20N4OS2. The van der Waals surface area contributed by atoms with Gasteiger partial charge in [0.2, 0.25) is 5.13 Å². The van der Waals surface area contributed by atoms with Crippen LogP contribution < -0.4 is 5.32 Å². The first-order chi connectivity index (χ1) is 10.6. The van der Waals surface area contributed by atoms with Crippen molar-refractivity contribution in [2.75, 3.05) is 18.4 Å². The zero-order chi connectivity index (χ0) is 15.5. The molecule has 0 spiro atoms. The van der Waals surface area contributed by atoms with E-state index in [2.05, 4.69) is 34.4 Å². The van der Waals surface area contributed by atoms with E-state index < -0.39 is 0 Å². The molecule has 1 saturated heterocycles. The van der Waals surface area contributed by atoms with Crippen LogP contribution in [-0.2, 0) is 6.67 Å². The van der Waals surface area contributed by atoms with Gasteiger partial charge in [-0.2, -0.15) is 0 Å². The Morgan fingerprint density at radius 3 is 2.68 bits per heavy atom. The summed E-state index contributed by atoms with van der Waals surface area (Å²) in [5, 5.41) is 18.2. The molecule has 1 fully saturated rings. The standard InChI is InChI=1S/C15H20N4OS2/c1-11-2-4-12(5-3-11)16-14-17-19(15(21)22-14)10-18-8-6-13(20)7-9-18/h2-5,13,20H,6-10H2,1H3,(H,16,17). The molecule has 0 atom stereocenters. The highest BCUT2D eigenvalue weighted by Crippen LogP contribution is 2.21. The van der Waals surface area contributed by atoms with Gasteiger partial charge in [-0.3, -0.25) is 4.90 Å². The van der Waals surface area contributed by atoms with Crippen LogP contribution in [0.3, 0.4) is 0 Å². The lowest BCUT2D eigenvalue weighted by molar-refractivity contribution is 0.0653. The molecule has 118 valence electrons. The lowest BCUT2D eigenvalue weighted by Crippen LogP contribution is -2.37. The minimum atomic E-state index is -0.154. The number of aliphatic hydroxyl groups is 1. The molecule has 2 aromatic rings. The summed E-state index contributed by atoms with van der Waals surface area (Å²) in [6.07, 6.45) is 1.50. The SMILES string of the molecule is Cc1ccc(Nc2nn(CN3CCC(O)CC3)c(=S)s2)cc1. The number of anilines is 2. The van der Waals surface area contributed by atoms with Crippen molar-refractivity contribution in [2.45, 2.75) is 32.5 Å². The first-order valence-electron chi connectivity index (χ1n) is 7.42. The second kappa shape index (κ2) is 6.87. The van der Waals surface area contributed by atoms with E-state index in [0.29, 0.717) is 6.67 Å². The lowest BCUT2D eigenvalue weighted by atomic mass is 10.1. The molecule has 0 aliphatic carbocycles. The van der Waals surface area contributed by atoms with Gasteiger partial charge in [-0.05, 0) is 44.1 Å². The molecule has 1 aliphatic rings. The van der Waals surface area contributed by atoms with Crippen LogP contribution in [-0.4, -0.2) is 39.0 Å². The maximum Gasteiger partial charge on any atom is 0.209 e. The molecule has 22 heavy (non-hydrogen) atoms. The van der Waals surface area contributed by atoms with Crippen molar-refractivity contribution in [3.05, 3.63) is 33.8 Å². The second-order valence-electron chi connectivity index (χ2n) is 5.65. The fourth-order valence-electron chi connectivity index (χ4n) is 2.46. The molecule has 0 radical (unpaired) electrons. The quantitative estimate of drug-likeness (QED) is 0.840. The molecule has 7 heteroatoms. The summed E-state index contributed by atoms with van der Waals surface area (Å²) in [6, 6.07) is 8.21. The zero-order valence-electron chi connectivity index (χ0n) is 12.5. The summed E-state index contributed by atoms with van der Waals surface area (Å²) >= 11 is 6.89. The van der Waals surface area contributed by atoms with E-state index in [0.717, 1.165) is 40.7 Å². The number of rotatable bonds is 4. The maximum atomic E-state index is 9.56. The van der Waals surface area contributed by atoms with Gasteiger partial charge in [0.15, 0.2) is 3.95 Å². The minimum absolute atomic E-state index is 0.154. The van der Waals surface area contributed by atoms with Crippen molar-refractivity contribution in [3.8, 4) is 0 Å². The fraction of sp³-hybridized carbons (Fsp3) is 0.467. The number of benzene rings is 1. The Morgan fingerprint density at radius 2 is 2.00 bits per heavy atom. The Morgan fingerprint density at radius 1 is 1.32 bits per heavy atom. The van der Waals surface area contributed by atoms with Crippen molar-refractivity contribution in [3.63, 3.8) is 0 Å². The van der Waals surface area contributed by atoms with Crippen LogP contribution >= 0.6 is 23.6 Å². The Hall–Kier alpha value is -1.28. The minimum Gasteiger partial charge on any atom is -0.393 e. The largest absolute Gasteiger partial charge is 0.393 e. The van der Waals surface area contributed by atoms with Gasteiger partial charge in [0.05, 0.1) is 12.8 Å². The van der Waals surface area contributed by atoms with Gasteiger partial charge < -0.3 is 10.4 Å². The van der Waals surface area contributed by atoms with Gasteiger partial charge in [-0.1, -0.05) is 29.0 Å². The molecular weight excluding hydrogens is 316 g/mol. The monoisotopic (exact) mass is 336 g/mol. The smallest absolute Gasteiger partial charge is 0.209 e. The van der Waals surface area contributed by atoms with Crippen LogP contribution in [0.25, 0.3) is 0 Å². The normalized spacial score (nSPS) is 16.8. The van der Waals surface area contributed by atoms with Crippen molar-refractivity contribution in [1.82, 2.24) is 14.7 Å². The van der Waals surface area contributed by atoms with Gasteiger partial charge in [0.1, 0.15) is 0 Å². The molecule has 0 saturated carbocycles. The summed E-state index contributed by atoms with van der Waals surface area (Å²) in [5.41, 5.74) is 2.25. The summed E-state index contributed by atoms with van der Waals surface area (Å²) in [6.45, 7) is 4.54. The maximum absolute atomic E-state index is 9.56. The molecule has 5 nitrogen and oxygen atoms in total. The number of nitrogens with one attached hydrogen (secondary N) is 1. The van der Waals surface area contributed by atoms with Crippen LogP contribution in [0.4, 0.5) is 10.8 Å². The van der Waals surface area contributed by atoms with Crippen molar-refractivity contribution in [2.24, 2.45) is 0 Å². The summed E-state index contributed by atoms with van der Waals surface area (Å²) < 4.78 is 2.62. The van der Waals surface area contributed by atoms with Crippen molar-refractivity contribution < 1.29 is 5.11 Å². The predicted octanol–water partition coefficient (Wildman–Crippen LogP) is 3.14. The third-order valence-electron chi connectivity index (χ3n) is 3.80. The number of aromatic nitrogens is 2. The lowest BCUT2D eigenvalue weighted by Gasteiger charge is -2.28. The van der Waals surface area contributed by atoms with Crippen LogP contribution in [0.2, 0.25) is 0 Å². The highest BCUT2D eigenvalue weighted by Gasteiger charge is 2.17. The van der Waals surface area contributed by atoms with Gasteiger partial charge in [-0.25, -0.2) is 4.68 Å². The number of aliphatic hydroxyl groups excluding tert-OH is 1. The van der Waals surface area contributed by atoms with E-state index in [9.17, 15) is 5.11 Å². The van der Waals surface area contributed by atoms with Crippen molar-refractivity contribution in [1.29, 1.82) is 0 Å². The molecule has 0 bridgehead atoms. The van der Waals surface area contributed by atoms with Crippen LogP contribution in [0.1, 0.15) is 18.4 Å². The molecule has 0 amide bonds. The Bertz CT molecular complexity index is 672. The third-order valence-corrected chi connectivity index (χ3v) is 5.02. The van der Waals surface area contributed by atoms with E-state index in [1.54, 1.807) is 0 Å². The highest BCUT2D eigenvalue weighted by molar-refractivity contribution is 7.73. The average Bonchev–Trinajstić information content (AvgIpc) is 2.84. The first kappa shape index (κ1) is 15.6. The Labute approximate surface area is 139 Å². The summed E-state index contributed by atoms with van der Waals surface area (Å²) in [4.78, 5) is 2.28.